The van der Waals surface area contributed by atoms with E-state index in [1.807, 2.05) is 24.3 Å². The lowest BCUT2D eigenvalue weighted by atomic mass is 9.78. The number of benzene rings is 1. The van der Waals surface area contributed by atoms with Gasteiger partial charge in [-0.1, -0.05) is 44.2 Å². The monoisotopic (exact) mass is 266 g/mol. The molecule has 102 valence electrons. The van der Waals surface area contributed by atoms with Crippen LogP contribution in [0.5, 0.6) is 0 Å². The van der Waals surface area contributed by atoms with E-state index in [0.717, 1.165) is 0 Å². The van der Waals surface area contributed by atoms with Crippen LogP contribution >= 0.6 is 0 Å². The molecule has 2 aromatic rings. The maximum Gasteiger partial charge on any atom is 0.158 e. The Morgan fingerprint density at radius 3 is 2.40 bits per heavy atom. The highest BCUT2D eigenvalue weighted by Gasteiger charge is 2.27. The van der Waals surface area contributed by atoms with Crippen LogP contribution in [0.1, 0.15) is 32.0 Å². The van der Waals surface area contributed by atoms with Crippen LogP contribution < -0.4 is 5.32 Å². The molecule has 0 bridgehead atoms. The first-order valence-electron chi connectivity index (χ1n) is 6.58. The van der Waals surface area contributed by atoms with Gasteiger partial charge in [0.05, 0.1) is 12.4 Å². The maximum absolute atomic E-state index is 8.72. The van der Waals surface area contributed by atoms with Crippen LogP contribution in [0.15, 0.2) is 42.7 Å². The minimum atomic E-state index is -0.0448. The van der Waals surface area contributed by atoms with Crippen LogP contribution in [0.3, 0.4) is 0 Å². The van der Waals surface area contributed by atoms with E-state index in [-0.39, 0.29) is 11.5 Å². The number of rotatable bonds is 4. The van der Waals surface area contributed by atoms with Gasteiger partial charge in [-0.15, -0.1) is 0 Å². The number of hydrogen-bond acceptors (Lipinski definition) is 4. The Kier molecular flexibility index (Phi) is 3.99. The van der Waals surface area contributed by atoms with E-state index in [2.05, 4.69) is 48.2 Å². The minimum absolute atomic E-state index is 0.0448. The first-order valence-corrected chi connectivity index (χ1v) is 6.58. The van der Waals surface area contributed by atoms with Gasteiger partial charge in [0.2, 0.25) is 0 Å². The van der Waals surface area contributed by atoms with Gasteiger partial charge >= 0.3 is 0 Å². The van der Waals surface area contributed by atoms with Crippen molar-refractivity contribution < 1.29 is 0 Å². The minimum Gasteiger partial charge on any atom is -0.365 e. The zero-order valence-electron chi connectivity index (χ0n) is 12.0. The fraction of sp³-hybridized carbons (Fsp3) is 0.312. The van der Waals surface area contributed by atoms with Gasteiger partial charge < -0.3 is 5.32 Å². The average Bonchev–Trinajstić information content (AvgIpc) is 2.49. The zero-order valence-corrected chi connectivity index (χ0v) is 12.0. The average molecular weight is 266 g/mol. The van der Waals surface area contributed by atoms with Gasteiger partial charge in [0.1, 0.15) is 11.9 Å². The smallest absolute Gasteiger partial charge is 0.158 e. The summed E-state index contributed by atoms with van der Waals surface area (Å²) < 4.78 is 0. The van der Waals surface area contributed by atoms with E-state index in [9.17, 15) is 0 Å². The van der Waals surface area contributed by atoms with Crippen molar-refractivity contribution in [1.82, 2.24) is 9.97 Å². The molecule has 0 fully saturated rings. The Morgan fingerprint density at radius 1 is 1.15 bits per heavy atom. The summed E-state index contributed by atoms with van der Waals surface area (Å²) >= 11 is 0. The molecule has 0 amide bonds. The van der Waals surface area contributed by atoms with Crippen molar-refractivity contribution in [1.29, 1.82) is 5.26 Å². The first kappa shape index (κ1) is 14.0. The molecule has 1 N–H and O–H groups in total. The molecule has 1 atom stereocenters. The van der Waals surface area contributed by atoms with Crippen LogP contribution in [0, 0.1) is 11.3 Å². The summed E-state index contributed by atoms with van der Waals surface area (Å²) in [5, 5.41) is 12.1. The van der Waals surface area contributed by atoms with Crippen molar-refractivity contribution >= 4 is 5.82 Å². The first-order chi connectivity index (χ1) is 9.54. The Balaban J connectivity index is 2.14. The van der Waals surface area contributed by atoms with Gasteiger partial charge in [-0.2, -0.15) is 5.26 Å². The van der Waals surface area contributed by atoms with Crippen LogP contribution in [0.25, 0.3) is 0 Å². The highest BCUT2D eigenvalue weighted by atomic mass is 15.0. The van der Waals surface area contributed by atoms with Gasteiger partial charge in [-0.05, 0) is 12.5 Å². The molecule has 1 aromatic carbocycles. The van der Waals surface area contributed by atoms with E-state index in [4.69, 9.17) is 5.26 Å². The van der Waals surface area contributed by atoms with E-state index in [1.165, 1.54) is 11.8 Å². The molecule has 2 rings (SSSR count). The van der Waals surface area contributed by atoms with Crippen molar-refractivity contribution in [3.63, 3.8) is 0 Å². The highest BCUT2D eigenvalue weighted by molar-refractivity contribution is 5.37. The molecule has 0 saturated heterocycles. The Hall–Kier alpha value is -2.41. The second-order valence-electron chi connectivity index (χ2n) is 5.35. The summed E-state index contributed by atoms with van der Waals surface area (Å²) in [4.78, 5) is 8.22. The molecule has 4 heteroatoms. The molecule has 1 unspecified atom stereocenters. The molecule has 0 aliphatic rings. The Bertz CT molecular complexity index is 597. The summed E-state index contributed by atoms with van der Waals surface area (Å²) in [7, 11) is 0. The summed E-state index contributed by atoms with van der Waals surface area (Å²) in [6.07, 6.45) is 3.07. The van der Waals surface area contributed by atoms with Gasteiger partial charge in [0, 0.05) is 11.5 Å². The third kappa shape index (κ3) is 2.94. The fourth-order valence-corrected chi connectivity index (χ4v) is 1.98. The SMILES string of the molecule is CC(Nc1cnc(C#N)cn1)C(C)(C)c1ccccc1. The lowest BCUT2D eigenvalue weighted by molar-refractivity contribution is 0.457. The number of hydrogen-bond donors (Lipinski definition) is 1. The van der Waals surface area contributed by atoms with E-state index >= 15 is 0 Å². The third-order valence-electron chi connectivity index (χ3n) is 3.73. The third-order valence-corrected chi connectivity index (χ3v) is 3.73. The van der Waals surface area contributed by atoms with Crippen molar-refractivity contribution in [2.45, 2.75) is 32.2 Å². The predicted molar refractivity (Wildman–Crippen MR) is 79.3 cm³/mol. The second kappa shape index (κ2) is 5.70. The number of nitrogens with one attached hydrogen (secondary N) is 1. The van der Waals surface area contributed by atoms with Crippen molar-refractivity contribution in [2.24, 2.45) is 0 Å². The maximum atomic E-state index is 8.72. The number of aromatic nitrogens is 2. The van der Waals surface area contributed by atoms with Gasteiger partial charge in [0.15, 0.2) is 5.69 Å². The fourth-order valence-electron chi connectivity index (χ4n) is 1.98. The predicted octanol–water partition coefficient (Wildman–Crippen LogP) is 3.13. The molecule has 20 heavy (non-hydrogen) atoms. The van der Waals surface area contributed by atoms with Gasteiger partial charge in [0.25, 0.3) is 0 Å². The molecule has 4 nitrogen and oxygen atoms in total. The standard InChI is InChI=1S/C16H18N4/c1-12(16(2,3)13-7-5-4-6-8-13)20-15-11-18-14(9-17)10-19-15/h4-8,10-12H,1-3H3,(H,19,20). The Morgan fingerprint density at radius 2 is 1.85 bits per heavy atom. The molecule has 0 spiro atoms. The van der Waals surface area contributed by atoms with E-state index < -0.39 is 0 Å². The van der Waals surface area contributed by atoms with Crippen molar-refractivity contribution in [3.8, 4) is 6.07 Å². The normalized spacial score (nSPS) is 12.5. The lowest BCUT2D eigenvalue weighted by Gasteiger charge is -2.33. The molecule has 1 aromatic heterocycles. The highest BCUT2D eigenvalue weighted by Crippen LogP contribution is 2.28. The zero-order chi connectivity index (χ0) is 14.6. The molecular formula is C16H18N4. The molecule has 0 radical (unpaired) electrons. The number of nitrogens with zero attached hydrogens (tertiary/aromatic N) is 3. The van der Waals surface area contributed by atoms with Crippen molar-refractivity contribution in [3.05, 3.63) is 54.0 Å². The topological polar surface area (TPSA) is 61.6 Å². The molecule has 0 aliphatic carbocycles. The molecule has 0 saturated carbocycles. The lowest BCUT2D eigenvalue weighted by Crippen LogP contribution is -2.37. The molecular weight excluding hydrogens is 248 g/mol. The molecule has 1 heterocycles. The summed E-state index contributed by atoms with van der Waals surface area (Å²) in [6.45, 7) is 6.50. The summed E-state index contributed by atoms with van der Waals surface area (Å²) in [6, 6.07) is 12.5. The summed E-state index contributed by atoms with van der Waals surface area (Å²) in [5.41, 5.74) is 1.55. The van der Waals surface area contributed by atoms with Gasteiger partial charge in [-0.25, -0.2) is 9.97 Å². The Labute approximate surface area is 119 Å². The van der Waals surface area contributed by atoms with Crippen LogP contribution in [0.2, 0.25) is 0 Å². The van der Waals surface area contributed by atoms with Gasteiger partial charge in [-0.3, -0.25) is 0 Å². The van der Waals surface area contributed by atoms with Crippen LogP contribution in [-0.2, 0) is 5.41 Å². The quantitative estimate of drug-likeness (QED) is 0.923. The second-order valence-corrected chi connectivity index (χ2v) is 5.35. The number of anilines is 1. The molecule has 0 aliphatic heterocycles. The summed E-state index contributed by atoms with van der Waals surface area (Å²) in [5.74, 6) is 0.681. The van der Waals surface area contributed by atoms with Crippen LogP contribution in [-0.4, -0.2) is 16.0 Å². The van der Waals surface area contributed by atoms with Crippen molar-refractivity contribution in [2.75, 3.05) is 5.32 Å². The largest absolute Gasteiger partial charge is 0.365 e. The van der Waals surface area contributed by atoms with Crippen LogP contribution in [0.4, 0.5) is 5.82 Å². The van der Waals surface area contributed by atoms with E-state index in [1.54, 1.807) is 6.20 Å². The van der Waals surface area contributed by atoms with E-state index in [0.29, 0.717) is 11.5 Å². The number of nitriles is 1.